The number of amides is 1. The molecule has 136 valence electrons. The number of nitrogens with two attached hydrogens (primary N) is 1. The number of nitrogens with one attached hydrogen (secondary N) is 1. The molecule has 0 saturated carbocycles. The third-order valence-electron chi connectivity index (χ3n) is 5.39. The van der Waals surface area contributed by atoms with Gasteiger partial charge in [-0.05, 0) is 42.6 Å². The van der Waals surface area contributed by atoms with Crippen LogP contribution in [0.25, 0.3) is 10.2 Å². The van der Waals surface area contributed by atoms with E-state index < -0.39 is 23.2 Å². The van der Waals surface area contributed by atoms with Gasteiger partial charge in [0.25, 0.3) is 5.56 Å². The molecule has 2 aromatic rings. The first kappa shape index (κ1) is 17.9. The molecular formula is C18H25N3O3S. The molecule has 2 unspecified atom stereocenters. The minimum atomic E-state index is -0.915. The topological polar surface area (TPSA) is 97.9 Å². The van der Waals surface area contributed by atoms with Crippen molar-refractivity contribution in [1.29, 1.82) is 0 Å². The standard InChI is InChI=1S/C18H25N3O3S/c1-5-11(14(19)22)21-16(23)13-10-7-6-9(18(2,3)4)8-12(10)25-15(13)20-17(21)24/h9,11H,5-8H2,1-4H3,(H2,19,22)(H,20,24). The number of hydrogen-bond acceptors (Lipinski definition) is 4. The van der Waals surface area contributed by atoms with Crippen LogP contribution in [0.15, 0.2) is 9.59 Å². The molecule has 0 spiro atoms. The van der Waals surface area contributed by atoms with Crippen LogP contribution in [0.5, 0.6) is 0 Å². The zero-order valence-electron chi connectivity index (χ0n) is 15.1. The van der Waals surface area contributed by atoms with Crippen molar-refractivity contribution < 1.29 is 4.79 Å². The zero-order chi connectivity index (χ0) is 18.5. The van der Waals surface area contributed by atoms with Crippen LogP contribution in [0.3, 0.4) is 0 Å². The second-order valence-electron chi connectivity index (χ2n) is 7.95. The molecule has 6 nitrogen and oxygen atoms in total. The molecule has 2 heterocycles. The summed E-state index contributed by atoms with van der Waals surface area (Å²) < 4.78 is 0.994. The van der Waals surface area contributed by atoms with Crippen molar-refractivity contribution in [3.8, 4) is 0 Å². The average molecular weight is 363 g/mol. The summed E-state index contributed by atoms with van der Waals surface area (Å²) in [6, 6.07) is -0.915. The summed E-state index contributed by atoms with van der Waals surface area (Å²) in [5, 5.41) is 0.562. The van der Waals surface area contributed by atoms with Crippen molar-refractivity contribution >= 4 is 27.5 Å². The van der Waals surface area contributed by atoms with E-state index in [0.717, 1.165) is 29.4 Å². The first-order valence-electron chi connectivity index (χ1n) is 8.73. The van der Waals surface area contributed by atoms with Crippen LogP contribution in [0.4, 0.5) is 0 Å². The molecular weight excluding hydrogens is 338 g/mol. The van der Waals surface area contributed by atoms with Crippen molar-refractivity contribution in [2.24, 2.45) is 17.1 Å². The lowest BCUT2D eigenvalue weighted by Gasteiger charge is -2.33. The van der Waals surface area contributed by atoms with Gasteiger partial charge in [-0.2, -0.15) is 0 Å². The maximum Gasteiger partial charge on any atom is 0.330 e. The maximum atomic E-state index is 13.0. The van der Waals surface area contributed by atoms with E-state index in [0.29, 0.717) is 22.6 Å². The van der Waals surface area contributed by atoms with Crippen LogP contribution in [0, 0.1) is 11.3 Å². The molecule has 1 amide bonds. The van der Waals surface area contributed by atoms with E-state index in [2.05, 4.69) is 25.8 Å². The predicted molar refractivity (Wildman–Crippen MR) is 100 cm³/mol. The van der Waals surface area contributed by atoms with Crippen molar-refractivity contribution in [2.45, 2.75) is 59.4 Å². The van der Waals surface area contributed by atoms with E-state index in [1.165, 1.54) is 16.2 Å². The number of primary amides is 1. The van der Waals surface area contributed by atoms with Crippen LogP contribution in [-0.4, -0.2) is 15.5 Å². The van der Waals surface area contributed by atoms with Gasteiger partial charge in [0.2, 0.25) is 5.91 Å². The highest BCUT2D eigenvalue weighted by atomic mass is 32.1. The summed E-state index contributed by atoms with van der Waals surface area (Å²) in [5.41, 5.74) is 5.68. The minimum absolute atomic E-state index is 0.209. The van der Waals surface area contributed by atoms with Crippen molar-refractivity contribution in [2.75, 3.05) is 0 Å². The Morgan fingerprint density at radius 3 is 2.64 bits per heavy atom. The summed E-state index contributed by atoms with van der Waals surface area (Å²) in [4.78, 5) is 41.7. The Bertz CT molecular complexity index is 945. The van der Waals surface area contributed by atoms with E-state index in [1.54, 1.807) is 6.92 Å². The van der Waals surface area contributed by atoms with Crippen molar-refractivity contribution in [1.82, 2.24) is 9.55 Å². The summed E-state index contributed by atoms with van der Waals surface area (Å²) in [6.45, 7) is 8.46. The highest BCUT2D eigenvalue weighted by Gasteiger charge is 2.32. The summed E-state index contributed by atoms with van der Waals surface area (Å²) in [5.74, 6) is -0.109. The Kier molecular flexibility index (Phi) is 4.39. The van der Waals surface area contributed by atoms with Gasteiger partial charge in [-0.3, -0.25) is 14.6 Å². The fraction of sp³-hybridized carbons (Fsp3) is 0.611. The molecule has 1 aliphatic carbocycles. The lowest BCUT2D eigenvalue weighted by Crippen LogP contribution is -2.42. The van der Waals surface area contributed by atoms with Gasteiger partial charge in [-0.25, -0.2) is 9.36 Å². The molecule has 7 heteroatoms. The third kappa shape index (κ3) is 2.94. The van der Waals surface area contributed by atoms with E-state index in [-0.39, 0.29) is 5.41 Å². The fourth-order valence-electron chi connectivity index (χ4n) is 3.80. The van der Waals surface area contributed by atoms with Gasteiger partial charge in [0, 0.05) is 4.88 Å². The number of carbonyl (C=O) groups excluding carboxylic acids is 1. The second-order valence-corrected chi connectivity index (χ2v) is 9.05. The Labute approximate surface area is 150 Å². The molecule has 3 rings (SSSR count). The average Bonchev–Trinajstić information content (AvgIpc) is 2.87. The molecule has 1 aliphatic rings. The SMILES string of the molecule is CCC(C(N)=O)n1c(=O)[nH]c2sc3c(c2c1=O)CCC(C(C)(C)C)C3. The Hall–Kier alpha value is -1.89. The Balaban J connectivity index is 2.20. The maximum absolute atomic E-state index is 13.0. The number of fused-ring (bicyclic) bond motifs is 3. The van der Waals surface area contributed by atoms with Gasteiger partial charge >= 0.3 is 5.69 Å². The monoisotopic (exact) mass is 363 g/mol. The van der Waals surface area contributed by atoms with Gasteiger partial charge in [0.15, 0.2) is 0 Å². The minimum Gasteiger partial charge on any atom is -0.368 e. The number of H-pyrrole nitrogens is 1. The number of nitrogens with zero attached hydrogens (tertiary/aromatic N) is 1. The van der Waals surface area contributed by atoms with Gasteiger partial charge in [-0.15, -0.1) is 11.3 Å². The predicted octanol–water partition coefficient (Wildman–Crippen LogP) is 2.34. The largest absolute Gasteiger partial charge is 0.368 e. The van der Waals surface area contributed by atoms with Gasteiger partial charge in [0.1, 0.15) is 10.9 Å². The Morgan fingerprint density at radius 1 is 1.40 bits per heavy atom. The first-order valence-corrected chi connectivity index (χ1v) is 9.55. The highest BCUT2D eigenvalue weighted by Crippen LogP contribution is 2.41. The molecule has 25 heavy (non-hydrogen) atoms. The number of aryl methyl sites for hydroxylation is 1. The first-order chi connectivity index (χ1) is 11.6. The molecule has 0 bridgehead atoms. The molecule has 0 aromatic carbocycles. The normalized spacial score (nSPS) is 19.0. The van der Waals surface area contributed by atoms with E-state index in [4.69, 9.17) is 5.73 Å². The third-order valence-corrected chi connectivity index (χ3v) is 6.56. The van der Waals surface area contributed by atoms with Crippen LogP contribution in [0.2, 0.25) is 0 Å². The summed E-state index contributed by atoms with van der Waals surface area (Å²) in [6.07, 6.45) is 3.08. The van der Waals surface area contributed by atoms with Gasteiger partial charge in [0.05, 0.1) is 5.39 Å². The van der Waals surface area contributed by atoms with E-state index in [1.807, 2.05) is 0 Å². The number of aromatic amines is 1. The number of carbonyl (C=O) groups is 1. The molecule has 3 N–H and O–H groups in total. The number of aromatic nitrogens is 2. The molecule has 0 fully saturated rings. The number of rotatable bonds is 3. The summed E-state index contributed by atoms with van der Waals surface area (Å²) >= 11 is 1.50. The molecule has 2 aromatic heterocycles. The zero-order valence-corrected chi connectivity index (χ0v) is 16.0. The van der Waals surface area contributed by atoms with Crippen LogP contribution in [-0.2, 0) is 17.6 Å². The lowest BCUT2D eigenvalue weighted by atomic mass is 9.72. The van der Waals surface area contributed by atoms with Crippen LogP contribution in [0.1, 0.15) is 57.0 Å². The van der Waals surface area contributed by atoms with E-state index in [9.17, 15) is 14.4 Å². The van der Waals surface area contributed by atoms with Crippen molar-refractivity contribution in [3.05, 3.63) is 31.3 Å². The van der Waals surface area contributed by atoms with E-state index >= 15 is 0 Å². The summed E-state index contributed by atoms with van der Waals surface area (Å²) in [7, 11) is 0. The van der Waals surface area contributed by atoms with Crippen molar-refractivity contribution in [3.63, 3.8) is 0 Å². The van der Waals surface area contributed by atoms with Gasteiger partial charge in [-0.1, -0.05) is 27.7 Å². The van der Waals surface area contributed by atoms with Crippen LogP contribution < -0.4 is 17.0 Å². The molecule has 0 radical (unpaired) electrons. The Morgan fingerprint density at radius 2 is 2.08 bits per heavy atom. The van der Waals surface area contributed by atoms with Crippen LogP contribution >= 0.6 is 11.3 Å². The lowest BCUT2D eigenvalue weighted by molar-refractivity contribution is -0.121. The number of hydrogen-bond donors (Lipinski definition) is 2. The molecule has 2 atom stereocenters. The van der Waals surface area contributed by atoms with Gasteiger partial charge < -0.3 is 5.73 Å². The number of thiophene rings is 1. The fourth-order valence-corrected chi connectivity index (χ4v) is 5.11. The quantitative estimate of drug-likeness (QED) is 0.875. The smallest absolute Gasteiger partial charge is 0.330 e. The molecule has 0 aliphatic heterocycles. The second kappa shape index (κ2) is 6.12. The highest BCUT2D eigenvalue weighted by molar-refractivity contribution is 7.18. The molecule has 0 saturated heterocycles.